The number of halogens is 4. The molecule has 8 N–H and O–H groups in total. The maximum absolute atomic E-state index is 13.4. The Balaban J connectivity index is 1.24. The molecule has 274 valence electrons. The number of fused-ring (bicyclic) bond motifs is 5. The summed E-state index contributed by atoms with van der Waals surface area (Å²) in [5.74, 6) is -0.405. The first-order valence-electron chi connectivity index (χ1n) is 13.8. The number of rotatable bonds is 4. The van der Waals surface area contributed by atoms with Gasteiger partial charge in [0.25, 0.3) is 0 Å². The summed E-state index contributed by atoms with van der Waals surface area (Å²) in [6.45, 7) is -2.00. The summed E-state index contributed by atoms with van der Waals surface area (Å²) in [6, 6.07) is 0. The standard InChI is InChI=1S/C21H23F3IN10O13P2/c22-21(23,24)25-46-12-7-2-43-49(38,39)47-11-6(44-18(10(11)36)34-4-30-8-14(26)28-3-29-15(8)34)1-42-50(40,41)48-13(12)19(45-7)35-5-31-9-16(35)32-20(27)33-17(9)37/h3-7,10-13,18-19,36H,1-2H2,(H,38,39)(H,40,41)(H2,26,28,29)(H3,27,32,33,37)/q-1/t6-,7-,10+,11?,12?,13?,18-,19-/m1/s1. The van der Waals surface area contributed by atoms with Crippen LogP contribution in [0.2, 0.25) is 0 Å². The summed E-state index contributed by atoms with van der Waals surface area (Å²) >= 11 is -3.13. The average Bonchev–Trinajstić information content (AvgIpc) is 3.78. The summed E-state index contributed by atoms with van der Waals surface area (Å²) in [5.41, 5.74) is 10.3. The summed E-state index contributed by atoms with van der Waals surface area (Å²) < 4.78 is 102. The van der Waals surface area contributed by atoms with Gasteiger partial charge in [0, 0.05) is 0 Å². The molecule has 7 heterocycles. The van der Waals surface area contributed by atoms with Gasteiger partial charge in [0.2, 0.25) is 0 Å². The van der Waals surface area contributed by atoms with Gasteiger partial charge >= 0.3 is 247 Å². The number of ether oxygens (including phenoxy) is 2. The fourth-order valence-electron chi connectivity index (χ4n) is 5.49. The first kappa shape index (κ1) is 35.5. The molecule has 3 aliphatic heterocycles. The molecule has 4 aromatic heterocycles. The van der Waals surface area contributed by atoms with Gasteiger partial charge in [-0.05, 0) is 0 Å². The molecule has 0 aliphatic carbocycles. The van der Waals surface area contributed by atoms with Gasteiger partial charge in [-0.1, -0.05) is 0 Å². The number of nitrogens with two attached hydrogens (primary N) is 2. The van der Waals surface area contributed by atoms with Crippen molar-refractivity contribution in [3.05, 3.63) is 29.3 Å². The molecule has 0 radical (unpaired) electrons. The van der Waals surface area contributed by atoms with Gasteiger partial charge in [-0.2, -0.15) is 0 Å². The van der Waals surface area contributed by atoms with E-state index in [0.29, 0.717) is 0 Å². The molecule has 0 spiro atoms. The third kappa shape index (κ3) is 6.85. The van der Waals surface area contributed by atoms with E-state index in [9.17, 15) is 42.0 Å². The van der Waals surface area contributed by atoms with E-state index in [2.05, 4.69) is 29.9 Å². The van der Waals surface area contributed by atoms with Crippen LogP contribution in [0, 0.1) is 0 Å². The van der Waals surface area contributed by atoms with Crippen LogP contribution in [0.5, 0.6) is 0 Å². The number of aromatic nitrogens is 8. The number of H-pyrrole nitrogens is 1. The second kappa shape index (κ2) is 12.9. The molecule has 0 saturated carbocycles. The molecule has 0 aromatic carbocycles. The van der Waals surface area contributed by atoms with Crippen molar-refractivity contribution in [3.8, 4) is 0 Å². The predicted molar refractivity (Wildman–Crippen MR) is 148 cm³/mol. The summed E-state index contributed by atoms with van der Waals surface area (Å²) in [4.78, 5) is 56.0. The van der Waals surface area contributed by atoms with Crippen molar-refractivity contribution in [2.45, 2.75) is 53.3 Å². The Morgan fingerprint density at radius 2 is 1.54 bits per heavy atom. The van der Waals surface area contributed by atoms with E-state index in [4.69, 9.17) is 42.1 Å². The molecule has 2 bridgehead atoms. The fourth-order valence-corrected chi connectivity index (χ4v) is 8.58. The molecule has 3 saturated heterocycles. The molecule has 5 unspecified atom stereocenters. The zero-order valence-corrected chi connectivity index (χ0v) is 28.3. The Kier molecular flexibility index (Phi) is 9.18. The quantitative estimate of drug-likeness (QED) is 0.0651. The second-order valence-corrected chi connectivity index (χ2v) is 15.7. The zero-order valence-electron chi connectivity index (χ0n) is 24.4. The Morgan fingerprint density at radius 1 is 0.920 bits per heavy atom. The molecule has 50 heavy (non-hydrogen) atoms. The number of nitrogens with one attached hydrogen (secondary N) is 1. The molecule has 4 aromatic rings. The van der Waals surface area contributed by atoms with Crippen LogP contribution in [0.1, 0.15) is 12.5 Å². The van der Waals surface area contributed by atoms with E-state index in [0.717, 1.165) is 17.2 Å². The Labute approximate surface area is 285 Å². The number of aliphatic hydroxyl groups excluding tert-OH is 1. The van der Waals surface area contributed by atoms with Crippen molar-refractivity contribution in [1.82, 2.24) is 39.0 Å². The van der Waals surface area contributed by atoms with E-state index >= 15 is 0 Å². The summed E-state index contributed by atoms with van der Waals surface area (Å²) in [7, 11) is -10.6. The van der Waals surface area contributed by atoms with Crippen molar-refractivity contribution in [3.63, 3.8) is 0 Å². The van der Waals surface area contributed by atoms with Crippen molar-refractivity contribution in [2.75, 3.05) is 24.7 Å². The minimum atomic E-state index is -5.37. The van der Waals surface area contributed by atoms with Crippen LogP contribution < -0.4 is 38.6 Å². The number of imidazole rings is 2. The van der Waals surface area contributed by atoms with Crippen molar-refractivity contribution >= 4 is 49.7 Å². The molecule has 29 heteroatoms. The molecule has 10 atom stereocenters. The molecular formula is C21H23F3IN10O13P2-. The topological polar surface area (TPSA) is 319 Å². The van der Waals surface area contributed by atoms with E-state index < -0.39 is 115 Å². The van der Waals surface area contributed by atoms with Gasteiger partial charge in [0.05, 0.1) is 0 Å². The maximum atomic E-state index is 13.4. The molecule has 3 fully saturated rings. The van der Waals surface area contributed by atoms with Gasteiger partial charge < -0.3 is 5.73 Å². The van der Waals surface area contributed by atoms with Crippen LogP contribution in [0.4, 0.5) is 24.9 Å². The number of hydrogen-bond acceptors (Lipinski definition) is 18. The first-order valence-corrected chi connectivity index (χ1v) is 18.8. The Morgan fingerprint density at radius 3 is 2.24 bits per heavy atom. The van der Waals surface area contributed by atoms with Gasteiger partial charge in [-0.15, -0.1) is 0 Å². The number of phosphoric ester groups is 2. The van der Waals surface area contributed by atoms with Crippen molar-refractivity contribution in [2.24, 2.45) is 0 Å². The number of anilines is 2. The van der Waals surface area contributed by atoms with Crippen LogP contribution in [0.25, 0.3) is 22.3 Å². The van der Waals surface area contributed by atoms with Crippen LogP contribution >= 0.6 is 15.6 Å². The Bertz CT molecular complexity index is 2090. The van der Waals surface area contributed by atoms with E-state index in [1.54, 1.807) is 0 Å². The monoisotopic (exact) mass is 869 g/mol. The van der Waals surface area contributed by atoms with Crippen molar-refractivity contribution in [1.29, 1.82) is 0 Å². The van der Waals surface area contributed by atoms with Gasteiger partial charge in [-0.25, -0.2) is 15.0 Å². The van der Waals surface area contributed by atoms with Crippen LogP contribution in [-0.4, -0.2) is 108 Å². The summed E-state index contributed by atoms with van der Waals surface area (Å²) in [6.07, 6.45) is -10.8. The number of nitrogens with zero attached hydrogens (tertiary/aromatic N) is 7. The van der Waals surface area contributed by atoms with Gasteiger partial charge in [-0.3, -0.25) is 0 Å². The number of nitrogen functional groups attached to an aromatic ring is 2. The third-order valence-electron chi connectivity index (χ3n) is 7.53. The van der Waals surface area contributed by atoms with Gasteiger partial charge in [0.15, 0.2) is 5.82 Å². The number of aliphatic hydroxyl groups is 1. The minimum absolute atomic E-state index is 0.0143. The van der Waals surface area contributed by atoms with Crippen LogP contribution in [0.15, 0.2) is 23.8 Å². The van der Waals surface area contributed by atoms with E-state index in [1.165, 1.54) is 10.9 Å². The molecule has 7 rings (SSSR count). The molecule has 3 aliphatic rings. The fraction of sp³-hybridized carbons (Fsp3) is 0.524. The predicted octanol–water partition coefficient (Wildman–Crippen LogP) is -3.79. The first-order chi connectivity index (χ1) is 23.5. The number of phosphoric acid groups is 2. The molecule has 0 amide bonds. The Hall–Kier alpha value is -2.92. The summed E-state index contributed by atoms with van der Waals surface area (Å²) in [5, 5.41) is 11.2. The molecular weight excluding hydrogens is 846 g/mol. The number of aromatic amines is 1. The third-order valence-corrected chi connectivity index (χ3v) is 10.8. The molecule has 23 nitrogen and oxygen atoms in total. The number of alkyl halides is 4. The second-order valence-electron chi connectivity index (χ2n) is 10.7. The zero-order chi connectivity index (χ0) is 35.7. The number of hydrogen-bond donors (Lipinski definition) is 6. The SMILES string of the molecule is Nc1nc2c(ncn2[C@@H]2O[C@@H]3COP(=O)(O)OC4[C@@H](COP(=O)(O)OC2C3O[I-]C(F)(F)F)O[C@@H](n2cnc3c(N)ncnc32)[C@H]4O)c(=O)[nH]1. The van der Waals surface area contributed by atoms with Crippen molar-refractivity contribution < 1.29 is 89.4 Å². The van der Waals surface area contributed by atoms with E-state index in [-0.39, 0.29) is 28.1 Å². The van der Waals surface area contributed by atoms with Crippen LogP contribution in [-0.2, 0) is 39.8 Å². The van der Waals surface area contributed by atoms with Gasteiger partial charge in [0.1, 0.15) is 11.8 Å². The average molecular weight is 869 g/mol. The van der Waals surface area contributed by atoms with Crippen LogP contribution in [0.3, 0.4) is 0 Å². The van der Waals surface area contributed by atoms with E-state index in [1.807, 2.05) is 0 Å². The normalized spacial score (nSPS) is 35.6.